The molecule has 0 aliphatic rings. The maximum atomic E-state index is 11.5. The minimum atomic E-state index is -3.95. The van der Waals surface area contributed by atoms with E-state index in [1.807, 2.05) is 0 Å². The fourth-order valence-corrected chi connectivity index (χ4v) is 3.35. The van der Waals surface area contributed by atoms with Crippen LogP contribution in [0.3, 0.4) is 0 Å². The third-order valence-electron chi connectivity index (χ3n) is 1.96. The van der Waals surface area contributed by atoms with E-state index in [9.17, 15) is 8.42 Å². The standard InChI is InChI=1S/C10H11BrCl2O4S/c1-6(5-16-2)17-10-8(12)3-7(11)4-9(10)18(13,14)15/h3-4,6H,5H2,1-2H3. The van der Waals surface area contributed by atoms with E-state index < -0.39 is 9.05 Å². The number of ether oxygens (including phenoxy) is 2. The van der Waals surface area contributed by atoms with Gasteiger partial charge in [-0.05, 0) is 19.1 Å². The molecule has 1 atom stereocenters. The molecule has 8 heteroatoms. The number of rotatable bonds is 5. The normalized spacial score (nSPS) is 13.4. The first-order valence-corrected chi connectivity index (χ1v) is 8.33. The summed E-state index contributed by atoms with van der Waals surface area (Å²) in [5.74, 6) is 0.0272. The van der Waals surface area contributed by atoms with Crippen molar-refractivity contribution in [2.75, 3.05) is 13.7 Å². The van der Waals surface area contributed by atoms with Crippen molar-refractivity contribution < 1.29 is 17.9 Å². The van der Waals surface area contributed by atoms with Gasteiger partial charge < -0.3 is 9.47 Å². The summed E-state index contributed by atoms with van der Waals surface area (Å²) in [6.07, 6.45) is -0.356. The van der Waals surface area contributed by atoms with E-state index in [4.69, 9.17) is 31.8 Å². The Morgan fingerprint density at radius 1 is 1.44 bits per heavy atom. The molecule has 1 aromatic rings. The molecule has 0 aliphatic heterocycles. The van der Waals surface area contributed by atoms with Gasteiger partial charge in [-0.3, -0.25) is 0 Å². The molecule has 0 heterocycles. The third kappa shape index (κ3) is 4.28. The van der Waals surface area contributed by atoms with Crippen molar-refractivity contribution in [3.05, 3.63) is 21.6 Å². The molecule has 0 aliphatic carbocycles. The Bertz CT molecular complexity index is 533. The van der Waals surface area contributed by atoms with Crippen LogP contribution in [0.2, 0.25) is 5.02 Å². The van der Waals surface area contributed by atoms with E-state index in [-0.39, 0.29) is 21.8 Å². The van der Waals surface area contributed by atoms with E-state index in [1.54, 1.807) is 6.92 Å². The van der Waals surface area contributed by atoms with E-state index >= 15 is 0 Å². The first-order valence-electron chi connectivity index (χ1n) is 4.85. The molecule has 1 aromatic carbocycles. The molecule has 0 radical (unpaired) electrons. The molecule has 0 aromatic heterocycles. The van der Waals surface area contributed by atoms with Crippen LogP contribution in [0.5, 0.6) is 5.75 Å². The zero-order valence-corrected chi connectivity index (χ0v) is 13.5. The SMILES string of the molecule is COCC(C)Oc1c(Cl)cc(Br)cc1S(=O)(=O)Cl. The second-order valence-electron chi connectivity index (χ2n) is 3.54. The van der Waals surface area contributed by atoms with Gasteiger partial charge in [0.05, 0.1) is 11.6 Å². The summed E-state index contributed by atoms with van der Waals surface area (Å²) in [6, 6.07) is 2.87. The van der Waals surface area contributed by atoms with Gasteiger partial charge in [0.15, 0.2) is 5.75 Å². The quantitative estimate of drug-likeness (QED) is 0.737. The molecular formula is C10H11BrCl2O4S. The van der Waals surface area contributed by atoms with Gasteiger partial charge in [0, 0.05) is 22.3 Å². The zero-order valence-electron chi connectivity index (χ0n) is 9.61. The number of hydrogen-bond acceptors (Lipinski definition) is 4. The minimum Gasteiger partial charge on any atom is -0.485 e. The fraction of sp³-hybridized carbons (Fsp3) is 0.400. The second-order valence-corrected chi connectivity index (χ2v) is 7.39. The summed E-state index contributed by atoms with van der Waals surface area (Å²) >= 11 is 9.11. The maximum Gasteiger partial charge on any atom is 0.265 e. The Labute approximate surface area is 124 Å². The van der Waals surface area contributed by atoms with E-state index in [2.05, 4.69) is 15.9 Å². The summed E-state index contributed by atoms with van der Waals surface area (Å²) in [5, 5.41) is 0.159. The van der Waals surface area contributed by atoms with Crippen LogP contribution in [0.1, 0.15) is 6.92 Å². The lowest BCUT2D eigenvalue weighted by Gasteiger charge is -2.17. The van der Waals surface area contributed by atoms with Gasteiger partial charge in [-0.15, -0.1) is 0 Å². The summed E-state index contributed by atoms with van der Waals surface area (Å²) in [4.78, 5) is -0.175. The Balaban J connectivity index is 3.25. The first kappa shape index (κ1) is 16.0. The average molecular weight is 378 g/mol. The molecular weight excluding hydrogens is 367 g/mol. The van der Waals surface area contributed by atoms with Crippen molar-refractivity contribution in [2.45, 2.75) is 17.9 Å². The lowest BCUT2D eigenvalue weighted by Crippen LogP contribution is -2.19. The van der Waals surface area contributed by atoms with Crippen LogP contribution in [0, 0.1) is 0 Å². The Morgan fingerprint density at radius 2 is 2.06 bits per heavy atom. The topological polar surface area (TPSA) is 52.6 Å². The van der Waals surface area contributed by atoms with Crippen molar-refractivity contribution >= 4 is 47.3 Å². The molecule has 0 amide bonds. The summed E-state index contributed by atoms with van der Waals surface area (Å²) in [5.41, 5.74) is 0. The summed E-state index contributed by atoms with van der Waals surface area (Å²) in [7, 11) is 2.92. The van der Waals surface area contributed by atoms with Gasteiger partial charge in [-0.25, -0.2) is 8.42 Å². The molecule has 0 saturated heterocycles. The van der Waals surface area contributed by atoms with Crippen molar-refractivity contribution in [2.24, 2.45) is 0 Å². The van der Waals surface area contributed by atoms with Gasteiger partial charge in [-0.1, -0.05) is 27.5 Å². The number of hydrogen-bond donors (Lipinski definition) is 0. The third-order valence-corrected chi connectivity index (χ3v) is 4.02. The van der Waals surface area contributed by atoms with Gasteiger partial charge in [0.25, 0.3) is 9.05 Å². The Hall–Kier alpha value is -0.0100. The molecule has 1 unspecified atom stereocenters. The van der Waals surface area contributed by atoms with E-state index in [0.717, 1.165) is 0 Å². The van der Waals surface area contributed by atoms with Gasteiger partial charge in [0.1, 0.15) is 11.0 Å². The average Bonchev–Trinajstić information content (AvgIpc) is 2.20. The molecule has 4 nitrogen and oxygen atoms in total. The largest absolute Gasteiger partial charge is 0.485 e. The first-order chi connectivity index (χ1) is 8.25. The number of benzene rings is 1. The minimum absolute atomic E-state index is 0.0272. The molecule has 0 bridgehead atoms. The van der Waals surface area contributed by atoms with Crippen LogP contribution in [0.4, 0.5) is 0 Å². The number of halogens is 3. The van der Waals surface area contributed by atoms with Crippen molar-refractivity contribution in [1.29, 1.82) is 0 Å². The molecule has 102 valence electrons. The predicted molar refractivity (Wildman–Crippen MR) is 74.2 cm³/mol. The van der Waals surface area contributed by atoms with Gasteiger partial charge >= 0.3 is 0 Å². The molecule has 0 spiro atoms. The van der Waals surface area contributed by atoms with E-state index in [0.29, 0.717) is 11.1 Å². The molecule has 0 saturated carbocycles. The van der Waals surface area contributed by atoms with Crippen molar-refractivity contribution in [3.63, 3.8) is 0 Å². The lowest BCUT2D eigenvalue weighted by molar-refractivity contribution is 0.0902. The highest BCUT2D eigenvalue weighted by Gasteiger charge is 2.22. The van der Waals surface area contributed by atoms with Gasteiger partial charge in [-0.2, -0.15) is 0 Å². The van der Waals surface area contributed by atoms with Crippen LogP contribution < -0.4 is 4.74 Å². The summed E-state index contributed by atoms with van der Waals surface area (Å²) < 4.78 is 33.8. The molecule has 0 N–H and O–H groups in total. The second kappa shape index (κ2) is 6.43. The lowest BCUT2D eigenvalue weighted by atomic mass is 10.3. The summed E-state index contributed by atoms with van der Waals surface area (Å²) in [6.45, 7) is 2.03. The molecule has 0 fully saturated rings. The fourth-order valence-electron chi connectivity index (χ4n) is 1.30. The van der Waals surface area contributed by atoms with Crippen LogP contribution in [-0.2, 0) is 13.8 Å². The monoisotopic (exact) mass is 376 g/mol. The van der Waals surface area contributed by atoms with Crippen molar-refractivity contribution in [1.82, 2.24) is 0 Å². The zero-order chi connectivity index (χ0) is 13.9. The Morgan fingerprint density at radius 3 is 2.56 bits per heavy atom. The maximum absolute atomic E-state index is 11.5. The molecule has 18 heavy (non-hydrogen) atoms. The smallest absolute Gasteiger partial charge is 0.265 e. The van der Waals surface area contributed by atoms with Crippen molar-refractivity contribution in [3.8, 4) is 5.75 Å². The highest BCUT2D eigenvalue weighted by atomic mass is 79.9. The number of methoxy groups -OCH3 is 1. The molecule has 1 rings (SSSR count). The van der Waals surface area contributed by atoms with Crippen LogP contribution >= 0.6 is 38.2 Å². The van der Waals surface area contributed by atoms with Crippen LogP contribution in [-0.4, -0.2) is 28.2 Å². The van der Waals surface area contributed by atoms with Gasteiger partial charge in [0.2, 0.25) is 0 Å². The highest BCUT2D eigenvalue weighted by molar-refractivity contribution is 9.10. The van der Waals surface area contributed by atoms with Crippen LogP contribution in [0.25, 0.3) is 0 Å². The highest BCUT2D eigenvalue weighted by Crippen LogP contribution is 2.37. The van der Waals surface area contributed by atoms with Crippen LogP contribution in [0.15, 0.2) is 21.5 Å². The van der Waals surface area contributed by atoms with E-state index in [1.165, 1.54) is 19.2 Å². The predicted octanol–water partition coefficient (Wildman–Crippen LogP) is 3.44. The Kier molecular flexibility index (Phi) is 5.73.